The third-order valence-corrected chi connectivity index (χ3v) is 6.12. The summed E-state index contributed by atoms with van der Waals surface area (Å²) < 4.78 is 0. The van der Waals surface area contributed by atoms with Crippen molar-refractivity contribution in [2.75, 3.05) is 26.2 Å². The Labute approximate surface area is 173 Å². The molecule has 0 atom stereocenters. The summed E-state index contributed by atoms with van der Waals surface area (Å²) in [6, 6.07) is 24.9. The molecule has 4 rings (SSSR count). The Balaban J connectivity index is 1.37. The quantitative estimate of drug-likeness (QED) is 0.580. The van der Waals surface area contributed by atoms with Crippen LogP contribution in [0.3, 0.4) is 0 Å². The van der Waals surface area contributed by atoms with E-state index in [1.165, 1.54) is 5.56 Å². The second-order valence-electron chi connectivity index (χ2n) is 8.08. The van der Waals surface area contributed by atoms with Gasteiger partial charge in [-0.05, 0) is 61.2 Å². The number of hydrogen-bond acceptors (Lipinski definition) is 2. The smallest absolute Gasteiger partial charge is 0.254 e. The zero-order valence-corrected chi connectivity index (χ0v) is 17.3. The van der Waals surface area contributed by atoms with Crippen molar-refractivity contribution in [3.63, 3.8) is 0 Å². The Bertz CT molecular complexity index is 940. The minimum absolute atomic E-state index is 0.163. The van der Waals surface area contributed by atoms with Crippen molar-refractivity contribution in [1.29, 1.82) is 0 Å². The summed E-state index contributed by atoms with van der Waals surface area (Å²) in [4.78, 5) is 17.9. The molecule has 3 nitrogen and oxygen atoms in total. The maximum absolute atomic E-state index is 13.3. The zero-order chi connectivity index (χ0) is 20.1. The van der Waals surface area contributed by atoms with E-state index in [9.17, 15) is 4.79 Å². The van der Waals surface area contributed by atoms with E-state index < -0.39 is 0 Å². The molecule has 150 valence electrons. The van der Waals surface area contributed by atoms with Crippen LogP contribution >= 0.6 is 0 Å². The molecule has 3 aromatic rings. The second-order valence-corrected chi connectivity index (χ2v) is 8.08. The van der Waals surface area contributed by atoms with E-state index in [1.807, 2.05) is 29.2 Å². The molecule has 1 fully saturated rings. The number of nitrogens with zero attached hydrogens (tertiary/aromatic N) is 2. The second kappa shape index (κ2) is 9.23. The molecule has 0 N–H and O–H groups in total. The molecule has 1 aliphatic heterocycles. The van der Waals surface area contributed by atoms with E-state index in [1.54, 1.807) is 0 Å². The largest absolute Gasteiger partial charge is 0.339 e. The number of hydrogen-bond donors (Lipinski definition) is 0. The van der Waals surface area contributed by atoms with Gasteiger partial charge in [0.2, 0.25) is 0 Å². The van der Waals surface area contributed by atoms with Gasteiger partial charge in [0, 0.05) is 25.2 Å². The van der Waals surface area contributed by atoms with E-state index in [4.69, 9.17) is 0 Å². The highest BCUT2D eigenvalue weighted by Crippen LogP contribution is 2.23. The zero-order valence-electron chi connectivity index (χ0n) is 17.3. The third kappa shape index (κ3) is 4.68. The molecule has 1 saturated heterocycles. The van der Waals surface area contributed by atoms with E-state index >= 15 is 0 Å². The first-order chi connectivity index (χ1) is 14.2. The van der Waals surface area contributed by atoms with Crippen LogP contribution in [0.5, 0.6) is 0 Å². The first-order valence-corrected chi connectivity index (χ1v) is 10.8. The first-order valence-electron chi connectivity index (χ1n) is 10.8. The fourth-order valence-electron chi connectivity index (χ4n) is 4.42. The Hall–Kier alpha value is -2.65. The molecule has 0 aromatic heterocycles. The number of piperidine rings is 1. The minimum Gasteiger partial charge on any atom is -0.339 e. The van der Waals surface area contributed by atoms with Crippen molar-refractivity contribution in [3.8, 4) is 0 Å². The number of carbonyl (C=O) groups excluding carboxylic acids is 1. The number of fused-ring (bicyclic) bond motifs is 1. The molecule has 0 aliphatic carbocycles. The summed E-state index contributed by atoms with van der Waals surface area (Å²) in [7, 11) is 0. The maximum Gasteiger partial charge on any atom is 0.254 e. The van der Waals surface area contributed by atoms with Crippen molar-refractivity contribution in [3.05, 3.63) is 83.9 Å². The number of benzene rings is 3. The molecule has 0 spiro atoms. The molecule has 1 heterocycles. The highest BCUT2D eigenvalue weighted by atomic mass is 16.2. The van der Waals surface area contributed by atoms with Gasteiger partial charge in [0.05, 0.1) is 0 Å². The van der Waals surface area contributed by atoms with Gasteiger partial charge in [-0.2, -0.15) is 0 Å². The third-order valence-electron chi connectivity index (χ3n) is 6.12. The highest BCUT2D eigenvalue weighted by molar-refractivity contribution is 6.07. The number of amides is 1. The molecule has 0 radical (unpaired) electrons. The molecule has 3 heteroatoms. The van der Waals surface area contributed by atoms with Crippen LogP contribution in [0.2, 0.25) is 0 Å². The van der Waals surface area contributed by atoms with Gasteiger partial charge in [0.15, 0.2) is 0 Å². The van der Waals surface area contributed by atoms with Gasteiger partial charge in [0.1, 0.15) is 0 Å². The molecule has 0 saturated carbocycles. The Morgan fingerprint density at radius 3 is 2.38 bits per heavy atom. The topological polar surface area (TPSA) is 23.6 Å². The van der Waals surface area contributed by atoms with E-state index in [0.717, 1.165) is 61.9 Å². The summed E-state index contributed by atoms with van der Waals surface area (Å²) in [5.74, 6) is 0.747. The summed E-state index contributed by atoms with van der Waals surface area (Å²) in [6.45, 7) is 6.96. The van der Waals surface area contributed by atoms with E-state index in [2.05, 4.69) is 60.4 Å². The van der Waals surface area contributed by atoms with Crippen LogP contribution < -0.4 is 0 Å². The van der Waals surface area contributed by atoms with Crippen LogP contribution in [-0.2, 0) is 6.54 Å². The Morgan fingerprint density at radius 2 is 1.62 bits per heavy atom. The normalized spacial score (nSPS) is 15.5. The van der Waals surface area contributed by atoms with Crippen molar-refractivity contribution >= 4 is 16.7 Å². The van der Waals surface area contributed by atoms with Gasteiger partial charge in [-0.3, -0.25) is 9.69 Å². The molecule has 1 aliphatic rings. The average Bonchev–Trinajstić information content (AvgIpc) is 2.78. The molecule has 0 bridgehead atoms. The lowest BCUT2D eigenvalue weighted by Crippen LogP contribution is -2.40. The van der Waals surface area contributed by atoms with Crippen LogP contribution in [0.15, 0.2) is 72.8 Å². The van der Waals surface area contributed by atoms with Crippen LogP contribution in [0.25, 0.3) is 10.8 Å². The number of likely N-dealkylation sites (tertiary alicyclic amines) is 1. The molecule has 1 amide bonds. The van der Waals surface area contributed by atoms with Gasteiger partial charge >= 0.3 is 0 Å². The van der Waals surface area contributed by atoms with Gasteiger partial charge in [0.25, 0.3) is 5.91 Å². The van der Waals surface area contributed by atoms with E-state index in [-0.39, 0.29) is 5.91 Å². The molecular formula is C26H30N2O. The predicted molar refractivity (Wildman–Crippen MR) is 120 cm³/mol. The molecular weight excluding hydrogens is 356 g/mol. The van der Waals surface area contributed by atoms with Crippen molar-refractivity contribution in [2.45, 2.75) is 26.3 Å². The van der Waals surface area contributed by atoms with E-state index in [0.29, 0.717) is 5.92 Å². The molecule has 29 heavy (non-hydrogen) atoms. The van der Waals surface area contributed by atoms with Crippen LogP contribution in [0, 0.1) is 5.92 Å². The van der Waals surface area contributed by atoms with Gasteiger partial charge < -0.3 is 4.90 Å². The molecule has 3 aromatic carbocycles. The van der Waals surface area contributed by atoms with Gasteiger partial charge in [-0.25, -0.2) is 0 Å². The van der Waals surface area contributed by atoms with Gasteiger partial charge in [-0.1, -0.05) is 66.7 Å². The number of carbonyl (C=O) groups is 1. The minimum atomic E-state index is 0.163. The lowest BCUT2D eigenvalue weighted by molar-refractivity contribution is 0.0700. The Kier molecular flexibility index (Phi) is 6.26. The first kappa shape index (κ1) is 19.7. The van der Waals surface area contributed by atoms with Crippen molar-refractivity contribution in [1.82, 2.24) is 9.80 Å². The average molecular weight is 387 g/mol. The lowest BCUT2D eigenvalue weighted by atomic mass is 9.95. The molecule has 0 unspecified atom stereocenters. The lowest BCUT2D eigenvalue weighted by Gasteiger charge is -2.34. The standard InChI is InChI=1S/C26H30N2O/c1-2-28(26(29)25-14-8-12-23-11-6-7-13-24(23)25)20-22-15-17-27(18-16-22)19-21-9-4-3-5-10-21/h3-14,22H,2,15-20H2,1H3. The van der Waals surface area contributed by atoms with Gasteiger partial charge in [-0.15, -0.1) is 0 Å². The maximum atomic E-state index is 13.3. The summed E-state index contributed by atoms with van der Waals surface area (Å²) in [5.41, 5.74) is 2.21. The summed E-state index contributed by atoms with van der Waals surface area (Å²) in [6.07, 6.45) is 2.32. The monoisotopic (exact) mass is 386 g/mol. The Morgan fingerprint density at radius 1 is 0.931 bits per heavy atom. The van der Waals surface area contributed by atoms with Crippen LogP contribution in [0.1, 0.15) is 35.7 Å². The van der Waals surface area contributed by atoms with Crippen LogP contribution in [0.4, 0.5) is 0 Å². The SMILES string of the molecule is CCN(CC1CCN(Cc2ccccc2)CC1)C(=O)c1cccc2ccccc12. The highest BCUT2D eigenvalue weighted by Gasteiger charge is 2.24. The fraction of sp³-hybridized carbons (Fsp3) is 0.346. The van der Waals surface area contributed by atoms with Crippen molar-refractivity contribution in [2.24, 2.45) is 5.92 Å². The number of rotatable bonds is 6. The predicted octanol–water partition coefficient (Wildman–Crippen LogP) is 5.21. The summed E-state index contributed by atoms with van der Waals surface area (Å²) >= 11 is 0. The summed E-state index contributed by atoms with van der Waals surface area (Å²) in [5, 5.41) is 2.18. The van der Waals surface area contributed by atoms with Crippen LogP contribution in [-0.4, -0.2) is 41.9 Å². The van der Waals surface area contributed by atoms with Crippen molar-refractivity contribution < 1.29 is 4.79 Å². The fourth-order valence-corrected chi connectivity index (χ4v) is 4.42.